The molecule has 10 nitrogen and oxygen atoms in total. The van der Waals surface area contributed by atoms with Crippen LogP contribution >= 0.6 is 0 Å². The lowest BCUT2D eigenvalue weighted by Gasteiger charge is -2.07. The Bertz CT molecular complexity index is 1280. The first-order valence-corrected chi connectivity index (χ1v) is 8.96. The number of hydrogen-bond donors (Lipinski definition) is 2. The number of aromatic nitrogens is 5. The second kappa shape index (κ2) is 7.84. The molecule has 0 saturated carbocycles. The van der Waals surface area contributed by atoms with Crippen molar-refractivity contribution in [3.05, 3.63) is 66.2 Å². The highest BCUT2D eigenvalue weighted by Crippen LogP contribution is 2.19. The number of nitriles is 1. The largest absolute Gasteiger partial charge is 0.339 e. The van der Waals surface area contributed by atoms with Gasteiger partial charge in [0.1, 0.15) is 18.1 Å². The number of benzene rings is 1. The maximum absolute atomic E-state index is 12.8. The monoisotopic (exact) mass is 400 g/mol. The molecular formula is C20H16N8O2. The van der Waals surface area contributed by atoms with Crippen LogP contribution in [0.2, 0.25) is 0 Å². The number of nitrogens with zero attached hydrogens (tertiary/aromatic N) is 6. The molecule has 1 aromatic carbocycles. The minimum absolute atomic E-state index is 0.0560. The van der Waals surface area contributed by atoms with Crippen molar-refractivity contribution in [3.63, 3.8) is 0 Å². The Morgan fingerprint density at radius 3 is 2.70 bits per heavy atom. The highest BCUT2D eigenvalue weighted by Gasteiger charge is 2.22. The molecule has 30 heavy (non-hydrogen) atoms. The molecule has 0 bridgehead atoms. The molecule has 2 N–H and O–H groups in total. The zero-order valence-corrected chi connectivity index (χ0v) is 15.9. The lowest BCUT2D eigenvalue weighted by atomic mass is 10.2. The summed E-state index contributed by atoms with van der Waals surface area (Å²) in [7, 11) is 1.55. The molecule has 0 aliphatic heterocycles. The van der Waals surface area contributed by atoms with Crippen LogP contribution in [-0.2, 0) is 7.05 Å². The van der Waals surface area contributed by atoms with Gasteiger partial charge in [0.25, 0.3) is 11.8 Å². The number of aryl methyl sites for hydroxylation is 1. The van der Waals surface area contributed by atoms with Gasteiger partial charge in [0.15, 0.2) is 0 Å². The molecule has 148 valence electrons. The van der Waals surface area contributed by atoms with Gasteiger partial charge in [-0.1, -0.05) is 30.3 Å². The Hall–Kier alpha value is -4.52. The average Bonchev–Trinajstić information content (AvgIpc) is 3.36. The topological polar surface area (TPSA) is 130 Å². The fourth-order valence-corrected chi connectivity index (χ4v) is 2.95. The predicted molar refractivity (Wildman–Crippen MR) is 108 cm³/mol. The number of nitrogens with one attached hydrogen (secondary N) is 2. The SMILES string of the molecule is Cn1ncc(C(=O)NCC#N)c1C(=O)Nc1ccn2cc(-c3ccccc3)nc2n1. The molecule has 10 heteroatoms. The van der Waals surface area contributed by atoms with Crippen molar-refractivity contribution in [2.45, 2.75) is 0 Å². The highest BCUT2D eigenvalue weighted by atomic mass is 16.2. The third-order valence-corrected chi connectivity index (χ3v) is 4.36. The fourth-order valence-electron chi connectivity index (χ4n) is 2.95. The molecule has 3 aromatic heterocycles. The van der Waals surface area contributed by atoms with E-state index in [1.807, 2.05) is 42.6 Å². The van der Waals surface area contributed by atoms with Crippen molar-refractivity contribution in [2.75, 3.05) is 11.9 Å². The maximum atomic E-state index is 12.8. The second-order valence-electron chi connectivity index (χ2n) is 6.34. The molecule has 4 rings (SSSR count). The lowest BCUT2D eigenvalue weighted by molar-refractivity contribution is 0.0942. The van der Waals surface area contributed by atoms with Gasteiger partial charge in [-0.25, -0.2) is 4.98 Å². The van der Waals surface area contributed by atoms with E-state index in [-0.39, 0.29) is 23.6 Å². The van der Waals surface area contributed by atoms with Gasteiger partial charge >= 0.3 is 0 Å². The standard InChI is InChI=1S/C20H16N8O2/c1-27-17(14(11-23-27)18(29)22-9-8-21)19(30)25-16-7-10-28-12-15(24-20(28)26-16)13-5-3-2-4-6-13/h2-7,10-12H,9H2,1H3,(H,22,29)(H,24,25,26,30). The zero-order chi connectivity index (χ0) is 21.1. The van der Waals surface area contributed by atoms with Gasteiger partial charge in [0.2, 0.25) is 5.78 Å². The second-order valence-corrected chi connectivity index (χ2v) is 6.34. The highest BCUT2D eigenvalue weighted by molar-refractivity contribution is 6.10. The number of anilines is 1. The molecule has 0 aliphatic carbocycles. The van der Waals surface area contributed by atoms with Crippen LogP contribution in [0.3, 0.4) is 0 Å². The van der Waals surface area contributed by atoms with E-state index in [1.54, 1.807) is 23.7 Å². The van der Waals surface area contributed by atoms with E-state index in [2.05, 4.69) is 25.7 Å². The third kappa shape index (κ3) is 3.59. The van der Waals surface area contributed by atoms with E-state index in [4.69, 9.17) is 5.26 Å². The first-order valence-electron chi connectivity index (χ1n) is 8.96. The molecule has 0 atom stereocenters. The summed E-state index contributed by atoms with van der Waals surface area (Å²) in [5.74, 6) is -0.409. The number of fused-ring (bicyclic) bond motifs is 1. The molecule has 0 unspecified atom stereocenters. The van der Waals surface area contributed by atoms with E-state index in [0.29, 0.717) is 5.78 Å². The first kappa shape index (κ1) is 18.8. The van der Waals surface area contributed by atoms with Crippen LogP contribution in [0.1, 0.15) is 20.8 Å². The normalized spacial score (nSPS) is 10.5. The zero-order valence-electron chi connectivity index (χ0n) is 15.9. The van der Waals surface area contributed by atoms with Crippen LogP contribution in [0.5, 0.6) is 0 Å². The Labute approximate surface area is 170 Å². The minimum atomic E-state index is -0.557. The Balaban J connectivity index is 1.59. The summed E-state index contributed by atoms with van der Waals surface area (Å²) >= 11 is 0. The Morgan fingerprint density at radius 1 is 1.13 bits per heavy atom. The van der Waals surface area contributed by atoms with Crippen molar-refractivity contribution >= 4 is 23.4 Å². The van der Waals surface area contributed by atoms with Gasteiger partial charge in [-0.2, -0.15) is 15.3 Å². The van der Waals surface area contributed by atoms with Crippen LogP contribution in [-0.4, -0.2) is 42.5 Å². The van der Waals surface area contributed by atoms with Crippen molar-refractivity contribution in [3.8, 4) is 17.3 Å². The van der Waals surface area contributed by atoms with Crippen LogP contribution in [0.4, 0.5) is 5.82 Å². The molecule has 4 aromatic rings. The van der Waals surface area contributed by atoms with Crippen molar-refractivity contribution in [2.24, 2.45) is 7.05 Å². The molecule has 2 amide bonds. The summed E-state index contributed by atoms with van der Waals surface area (Å²) in [6.07, 6.45) is 4.86. The summed E-state index contributed by atoms with van der Waals surface area (Å²) in [4.78, 5) is 33.8. The average molecular weight is 400 g/mol. The maximum Gasteiger partial charge on any atom is 0.275 e. The van der Waals surface area contributed by atoms with E-state index in [0.717, 1.165) is 11.3 Å². The minimum Gasteiger partial charge on any atom is -0.339 e. The number of carbonyl (C=O) groups is 2. The van der Waals surface area contributed by atoms with Crippen molar-refractivity contribution in [1.29, 1.82) is 5.26 Å². The molecule has 0 radical (unpaired) electrons. The number of rotatable bonds is 5. The van der Waals surface area contributed by atoms with E-state index in [1.165, 1.54) is 10.9 Å². The summed E-state index contributed by atoms with van der Waals surface area (Å²) < 4.78 is 3.04. The summed E-state index contributed by atoms with van der Waals surface area (Å²) in [6.45, 7) is -0.170. The van der Waals surface area contributed by atoms with E-state index in [9.17, 15) is 9.59 Å². The molecule has 3 heterocycles. The summed E-state index contributed by atoms with van der Waals surface area (Å²) in [5.41, 5.74) is 1.84. The van der Waals surface area contributed by atoms with Crippen molar-refractivity contribution < 1.29 is 9.59 Å². The fraction of sp³-hybridized carbons (Fsp3) is 0.100. The molecule has 0 aliphatic rings. The summed E-state index contributed by atoms with van der Waals surface area (Å²) in [6, 6.07) is 13.1. The molecule has 0 fully saturated rings. The first-order chi connectivity index (χ1) is 14.6. The van der Waals surface area contributed by atoms with Gasteiger partial charge in [-0.05, 0) is 6.07 Å². The van der Waals surface area contributed by atoms with Crippen LogP contribution in [0.15, 0.2) is 55.0 Å². The number of amides is 2. The van der Waals surface area contributed by atoms with Gasteiger partial charge in [-0.3, -0.25) is 18.7 Å². The predicted octanol–water partition coefficient (Wildman–Crippen LogP) is 1.64. The molecule has 0 saturated heterocycles. The quantitative estimate of drug-likeness (QED) is 0.490. The third-order valence-electron chi connectivity index (χ3n) is 4.36. The lowest BCUT2D eigenvalue weighted by Crippen LogP contribution is -2.27. The van der Waals surface area contributed by atoms with Crippen LogP contribution in [0.25, 0.3) is 17.0 Å². The van der Waals surface area contributed by atoms with Gasteiger partial charge in [-0.15, -0.1) is 0 Å². The van der Waals surface area contributed by atoms with Gasteiger partial charge in [0.05, 0.1) is 23.5 Å². The number of carbonyl (C=O) groups excluding carboxylic acids is 2. The smallest absolute Gasteiger partial charge is 0.275 e. The molecular weight excluding hydrogens is 384 g/mol. The van der Waals surface area contributed by atoms with Crippen LogP contribution in [0, 0.1) is 11.3 Å². The van der Waals surface area contributed by atoms with E-state index < -0.39 is 11.8 Å². The Morgan fingerprint density at radius 2 is 1.93 bits per heavy atom. The molecule has 0 spiro atoms. The van der Waals surface area contributed by atoms with Crippen molar-refractivity contribution in [1.82, 2.24) is 29.5 Å². The van der Waals surface area contributed by atoms with Crippen LogP contribution < -0.4 is 10.6 Å². The van der Waals surface area contributed by atoms with Gasteiger partial charge in [0, 0.05) is 25.0 Å². The number of hydrogen-bond acceptors (Lipinski definition) is 6. The number of imidazole rings is 1. The summed E-state index contributed by atoms with van der Waals surface area (Å²) in [5, 5.41) is 17.7. The van der Waals surface area contributed by atoms with E-state index >= 15 is 0 Å². The Kier molecular flexibility index (Phi) is 4.92. The van der Waals surface area contributed by atoms with Gasteiger partial charge < -0.3 is 10.6 Å².